The zero-order chi connectivity index (χ0) is 13.1. The van der Waals surface area contributed by atoms with Crippen molar-refractivity contribution in [3.05, 3.63) is 0 Å². The van der Waals surface area contributed by atoms with Crippen LogP contribution in [0.3, 0.4) is 0 Å². The summed E-state index contributed by atoms with van der Waals surface area (Å²) in [5.41, 5.74) is 0.609. The van der Waals surface area contributed by atoms with Crippen LogP contribution in [0, 0.1) is 5.92 Å². The summed E-state index contributed by atoms with van der Waals surface area (Å²) < 4.78 is 0. The highest BCUT2D eigenvalue weighted by molar-refractivity contribution is 4.99. The lowest BCUT2D eigenvalue weighted by Crippen LogP contribution is -2.67. The summed E-state index contributed by atoms with van der Waals surface area (Å²) in [5, 5.41) is 3.73. The molecule has 0 saturated carbocycles. The average molecular weight is 240 g/mol. The van der Waals surface area contributed by atoms with Gasteiger partial charge in [-0.2, -0.15) is 0 Å². The maximum absolute atomic E-state index is 3.73. The van der Waals surface area contributed by atoms with Crippen LogP contribution in [0.25, 0.3) is 0 Å². The third-order valence-electron chi connectivity index (χ3n) is 4.44. The zero-order valence-electron chi connectivity index (χ0n) is 12.8. The number of rotatable bonds is 5. The van der Waals surface area contributed by atoms with E-state index in [0.717, 1.165) is 12.5 Å². The van der Waals surface area contributed by atoms with E-state index in [4.69, 9.17) is 0 Å². The van der Waals surface area contributed by atoms with Crippen LogP contribution in [0.1, 0.15) is 60.8 Å². The summed E-state index contributed by atoms with van der Waals surface area (Å²) in [6.07, 6.45) is 3.86. The Balaban J connectivity index is 2.64. The van der Waals surface area contributed by atoms with Crippen LogP contribution in [0.5, 0.6) is 0 Å². The van der Waals surface area contributed by atoms with Gasteiger partial charge in [0.25, 0.3) is 0 Å². The number of hydrogen-bond acceptors (Lipinski definition) is 2. The van der Waals surface area contributed by atoms with E-state index in [-0.39, 0.29) is 0 Å². The van der Waals surface area contributed by atoms with Crippen LogP contribution < -0.4 is 5.32 Å². The quantitative estimate of drug-likeness (QED) is 0.793. The molecule has 1 rings (SSSR count). The Bertz CT molecular complexity index is 237. The van der Waals surface area contributed by atoms with Crippen molar-refractivity contribution >= 4 is 0 Å². The normalized spacial score (nSPS) is 31.4. The Kier molecular flexibility index (Phi) is 5.03. The predicted octanol–water partition coefficient (Wildman–Crippen LogP) is 3.28. The Morgan fingerprint density at radius 1 is 1.24 bits per heavy atom. The molecule has 0 aliphatic carbocycles. The molecular weight excluding hydrogens is 208 g/mol. The van der Waals surface area contributed by atoms with Gasteiger partial charge >= 0.3 is 0 Å². The Hall–Kier alpha value is -0.0800. The van der Waals surface area contributed by atoms with Gasteiger partial charge in [0.05, 0.1) is 0 Å². The summed E-state index contributed by atoms with van der Waals surface area (Å²) in [4.78, 5) is 2.70. The molecule has 2 nitrogen and oxygen atoms in total. The molecule has 2 atom stereocenters. The average Bonchev–Trinajstić information content (AvgIpc) is 2.25. The Morgan fingerprint density at radius 3 is 2.41 bits per heavy atom. The first kappa shape index (κ1) is 15.0. The summed E-state index contributed by atoms with van der Waals surface area (Å²) >= 11 is 0. The van der Waals surface area contributed by atoms with E-state index < -0.39 is 0 Å². The number of nitrogens with zero attached hydrogens (tertiary/aromatic N) is 1. The molecular formula is C15H32N2. The monoisotopic (exact) mass is 240 g/mol. The summed E-state index contributed by atoms with van der Waals surface area (Å²) in [6, 6.07) is 0. The first-order chi connectivity index (χ1) is 7.83. The van der Waals surface area contributed by atoms with Gasteiger partial charge < -0.3 is 5.32 Å². The van der Waals surface area contributed by atoms with E-state index in [9.17, 15) is 0 Å². The van der Waals surface area contributed by atoms with Crippen LogP contribution >= 0.6 is 0 Å². The molecule has 0 bridgehead atoms. The smallest absolute Gasteiger partial charge is 0.0278 e. The van der Waals surface area contributed by atoms with Crippen molar-refractivity contribution in [1.29, 1.82) is 0 Å². The molecule has 2 unspecified atom stereocenters. The Morgan fingerprint density at radius 2 is 1.88 bits per heavy atom. The summed E-state index contributed by atoms with van der Waals surface area (Å²) in [6.45, 7) is 17.6. The van der Waals surface area contributed by atoms with Gasteiger partial charge in [-0.1, -0.05) is 27.2 Å². The highest BCUT2D eigenvalue weighted by Crippen LogP contribution is 2.27. The minimum absolute atomic E-state index is 0.302. The molecule has 1 saturated heterocycles. The van der Waals surface area contributed by atoms with Crippen molar-refractivity contribution in [3.63, 3.8) is 0 Å². The lowest BCUT2D eigenvalue weighted by atomic mass is 9.87. The zero-order valence-corrected chi connectivity index (χ0v) is 12.8. The van der Waals surface area contributed by atoms with Crippen molar-refractivity contribution in [2.75, 3.05) is 19.6 Å². The number of piperazine rings is 1. The van der Waals surface area contributed by atoms with Crippen molar-refractivity contribution < 1.29 is 0 Å². The number of nitrogens with one attached hydrogen (secondary N) is 1. The molecule has 0 amide bonds. The van der Waals surface area contributed by atoms with Gasteiger partial charge in [-0.15, -0.1) is 0 Å². The van der Waals surface area contributed by atoms with E-state index in [1.807, 2.05) is 0 Å². The number of hydrogen-bond donors (Lipinski definition) is 1. The SMILES string of the molecule is CCCC(C)CN1CC(C)(CC)NCC1(C)C. The molecule has 0 radical (unpaired) electrons. The topological polar surface area (TPSA) is 15.3 Å². The van der Waals surface area contributed by atoms with E-state index in [2.05, 4.69) is 51.8 Å². The summed E-state index contributed by atoms with van der Waals surface area (Å²) in [7, 11) is 0. The maximum Gasteiger partial charge on any atom is 0.0278 e. The second kappa shape index (κ2) is 5.71. The third-order valence-corrected chi connectivity index (χ3v) is 4.44. The van der Waals surface area contributed by atoms with Gasteiger partial charge in [0.1, 0.15) is 0 Å². The molecule has 0 aromatic carbocycles. The highest BCUT2D eigenvalue weighted by Gasteiger charge is 2.39. The lowest BCUT2D eigenvalue weighted by Gasteiger charge is -2.51. The van der Waals surface area contributed by atoms with Gasteiger partial charge in [0.15, 0.2) is 0 Å². The van der Waals surface area contributed by atoms with E-state index in [1.54, 1.807) is 0 Å². The second-order valence-electron chi connectivity index (χ2n) is 6.85. The predicted molar refractivity (Wildman–Crippen MR) is 76.4 cm³/mol. The molecule has 1 aliphatic heterocycles. The fourth-order valence-electron chi connectivity index (χ4n) is 2.74. The fourth-order valence-corrected chi connectivity index (χ4v) is 2.74. The van der Waals surface area contributed by atoms with Crippen LogP contribution in [0.15, 0.2) is 0 Å². The van der Waals surface area contributed by atoms with Crippen LogP contribution in [-0.4, -0.2) is 35.6 Å². The van der Waals surface area contributed by atoms with Crippen molar-refractivity contribution in [2.24, 2.45) is 5.92 Å². The molecule has 1 fully saturated rings. The molecule has 0 spiro atoms. The van der Waals surface area contributed by atoms with Gasteiger partial charge in [-0.05, 0) is 39.5 Å². The molecule has 102 valence electrons. The first-order valence-electron chi connectivity index (χ1n) is 7.33. The minimum Gasteiger partial charge on any atom is -0.308 e. The highest BCUT2D eigenvalue weighted by atomic mass is 15.3. The molecule has 17 heavy (non-hydrogen) atoms. The maximum atomic E-state index is 3.73. The largest absolute Gasteiger partial charge is 0.308 e. The minimum atomic E-state index is 0.302. The van der Waals surface area contributed by atoms with Crippen LogP contribution in [0.4, 0.5) is 0 Å². The molecule has 0 aromatic rings. The van der Waals surface area contributed by atoms with Gasteiger partial charge in [-0.3, -0.25) is 4.90 Å². The standard InChI is InChI=1S/C15H32N2/c1-7-9-13(3)10-17-12-15(6,8-2)16-11-14(17,4)5/h13,16H,7-12H2,1-6H3. The second-order valence-corrected chi connectivity index (χ2v) is 6.85. The molecule has 1 aliphatic rings. The van der Waals surface area contributed by atoms with Crippen molar-refractivity contribution in [1.82, 2.24) is 10.2 Å². The van der Waals surface area contributed by atoms with Crippen LogP contribution in [0.2, 0.25) is 0 Å². The van der Waals surface area contributed by atoms with E-state index in [1.165, 1.54) is 32.4 Å². The van der Waals surface area contributed by atoms with Crippen molar-refractivity contribution in [2.45, 2.75) is 71.9 Å². The Labute approximate surface area is 108 Å². The first-order valence-corrected chi connectivity index (χ1v) is 7.33. The summed E-state index contributed by atoms with van der Waals surface area (Å²) in [5.74, 6) is 0.818. The molecule has 2 heteroatoms. The van der Waals surface area contributed by atoms with Gasteiger partial charge in [0.2, 0.25) is 0 Å². The molecule has 1 heterocycles. The van der Waals surface area contributed by atoms with Gasteiger partial charge in [0, 0.05) is 30.7 Å². The lowest BCUT2D eigenvalue weighted by molar-refractivity contribution is 0.0198. The molecule has 1 N–H and O–H groups in total. The van der Waals surface area contributed by atoms with Gasteiger partial charge in [-0.25, -0.2) is 0 Å². The van der Waals surface area contributed by atoms with Crippen molar-refractivity contribution in [3.8, 4) is 0 Å². The fraction of sp³-hybridized carbons (Fsp3) is 1.00. The van der Waals surface area contributed by atoms with E-state index in [0.29, 0.717) is 11.1 Å². The van der Waals surface area contributed by atoms with Crippen LogP contribution in [-0.2, 0) is 0 Å². The molecule has 0 aromatic heterocycles. The van der Waals surface area contributed by atoms with E-state index >= 15 is 0 Å². The third kappa shape index (κ3) is 3.96.